The molecular formula is C100H174ClN11O23Si3. The molecule has 11 rings (SSSR count). The van der Waals surface area contributed by atoms with E-state index in [1.807, 2.05) is 37.2 Å². The summed E-state index contributed by atoms with van der Waals surface area (Å²) in [5, 5.41) is 50.2. The van der Waals surface area contributed by atoms with Crippen molar-refractivity contribution in [1.29, 1.82) is 0 Å². The van der Waals surface area contributed by atoms with E-state index in [9.17, 15) is 72.9 Å². The lowest BCUT2D eigenvalue weighted by molar-refractivity contribution is -0.152. The van der Waals surface area contributed by atoms with E-state index in [-0.39, 0.29) is 160 Å². The minimum Gasteiger partial charge on any atom is -0.480 e. The predicted octanol–water partition coefficient (Wildman–Crippen LogP) is 10.3. The Morgan fingerprint density at radius 2 is 0.688 bits per heavy atom. The lowest BCUT2D eigenvalue weighted by Gasteiger charge is -2.38. The zero-order chi connectivity index (χ0) is 103. The molecule has 12 N–H and O–H groups in total. The number of carbonyl (C=O) groups excluding carboxylic acids is 11. The summed E-state index contributed by atoms with van der Waals surface area (Å²) in [6, 6.07) is -3.17. The highest BCUT2D eigenvalue weighted by Crippen LogP contribution is 2.46. The van der Waals surface area contributed by atoms with Crippen molar-refractivity contribution >= 4 is 108 Å². The van der Waals surface area contributed by atoms with Crippen LogP contribution in [-0.4, -0.2) is 327 Å². The zero-order valence-electron chi connectivity index (χ0n) is 87.7. The highest BCUT2D eigenvalue weighted by Gasteiger charge is 2.53. The molecule has 5 unspecified atom stereocenters. The van der Waals surface area contributed by atoms with Crippen LogP contribution in [-0.2, 0) is 85.0 Å². The minimum atomic E-state index is -2.02. The number of halogens is 1. The first-order valence-corrected chi connectivity index (χ1v) is 58.5. The highest BCUT2D eigenvalue weighted by atomic mass is 35.5. The second-order valence-electron chi connectivity index (χ2n) is 44.1. The first-order chi connectivity index (χ1) is 63.9. The number of Topliss-reactive ketones (excluding diaryl/α,β-unsaturated/α-hetero) is 2. The van der Waals surface area contributed by atoms with E-state index in [0.29, 0.717) is 84.3 Å². The number of β-amino-alcohol motifs (C(OH)–C–C–N with tert-alkyl or cyclic N) is 3. The number of likely N-dealkylation sites (tertiary alicyclic amines) is 5. The Bertz CT molecular complexity index is 4270. The van der Waals surface area contributed by atoms with Crippen molar-refractivity contribution in [1.82, 2.24) is 45.8 Å². The van der Waals surface area contributed by atoms with E-state index >= 15 is 0 Å². The maximum Gasteiger partial charge on any atom is 0.407 e. The number of amides is 6. The fourth-order valence-electron chi connectivity index (χ4n) is 19.4. The Labute approximate surface area is 831 Å². The lowest BCUT2D eigenvalue weighted by atomic mass is 9.99. The van der Waals surface area contributed by atoms with E-state index in [1.165, 1.54) is 44.3 Å². The number of alkyl carbamates (subject to hydrolysis) is 1. The molecule has 11 aliphatic rings. The Morgan fingerprint density at radius 3 is 0.986 bits per heavy atom. The van der Waals surface area contributed by atoms with Crippen molar-refractivity contribution in [2.24, 2.45) is 41.1 Å². The SMILES string of the molecule is CC(C)(C)[Si](C)(C)O[C@@H]1C[C@@H](C(=O)O)N(C(=O)C2CCC/C2=C\CN)C1.CNC/C=C1\CCCC1C(=O)N1C[C@H](O)C[C@H]1C(C)=O.CNC/C=C1\CCCC1C(=O)N1C[C@H](O[Si](C)(C)C(C)(C)C)C[C@H]1C(C)=O.COC(=O)[C@@H]1C[C@@H](O)CN1.COC(=O)[C@@H]1C[C@@H](O)CN1C(=O)C1CCC/C1=C\CNC(=O)OC(C)(C)C.COC(=O)[C@@H]1C[C@@H](O[Si](C)(C)C(C)(C)C)CN1C(=O)C1CCC/C1=C\CN.Cl. The number of esters is 3. The van der Waals surface area contributed by atoms with Crippen LogP contribution in [0.3, 0.4) is 0 Å². The summed E-state index contributed by atoms with van der Waals surface area (Å²) in [5.41, 5.74) is 16.2. The monoisotopic (exact) mass is 2020 g/mol. The van der Waals surface area contributed by atoms with Gasteiger partial charge in [0.25, 0.3) is 0 Å². The summed E-state index contributed by atoms with van der Waals surface area (Å²) in [7, 11) is 1.86. The normalized spacial score (nSPS) is 28.7. The molecule has 0 aromatic carbocycles. The molecule has 138 heavy (non-hydrogen) atoms. The number of ketones is 2. The number of hydrogen-bond acceptors (Lipinski definition) is 27. The van der Waals surface area contributed by atoms with Gasteiger partial charge in [-0.2, -0.15) is 0 Å². The number of aliphatic hydroxyl groups is 3. The van der Waals surface area contributed by atoms with Crippen molar-refractivity contribution in [2.45, 2.75) is 365 Å². The van der Waals surface area contributed by atoms with Gasteiger partial charge in [0, 0.05) is 111 Å². The summed E-state index contributed by atoms with van der Waals surface area (Å²) in [6.07, 6.45) is 23.4. The van der Waals surface area contributed by atoms with Crippen LogP contribution >= 0.6 is 12.4 Å². The van der Waals surface area contributed by atoms with E-state index < -0.39 is 91.1 Å². The molecule has 6 saturated heterocycles. The number of ether oxygens (including phenoxy) is 4. The Kier molecular flexibility index (Phi) is 47.6. The number of nitrogens with two attached hydrogens (primary N) is 2. The van der Waals surface area contributed by atoms with Crippen molar-refractivity contribution < 1.29 is 110 Å². The predicted molar refractivity (Wildman–Crippen MR) is 541 cm³/mol. The van der Waals surface area contributed by atoms with Gasteiger partial charge in [0.2, 0.25) is 29.5 Å². The van der Waals surface area contributed by atoms with Crippen LogP contribution in [0.15, 0.2) is 58.2 Å². The molecule has 0 aromatic rings. The quantitative estimate of drug-likeness (QED) is 0.0176. The van der Waals surface area contributed by atoms with Crippen LogP contribution in [0.2, 0.25) is 54.4 Å². The molecule has 5 aliphatic carbocycles. The van der Waals surface area contributed by atoms with Gasteiger partial charge in [-0.3, -0.25) is 38.4 Å². The molecule has 38 heteroatoms. The summed E-state index contributed by atoms with van der Waals surface area (Å²) < 4.78 is 38.9. The Hall–Kier alpha value is -6.96. The number of nitrogens with one attached hydrogen (secondary N) is 4. The molecule has 6 amide bonds. The third-order valence-corrected chi connectivity index (χ3v) is 43.4. The van der Waals surface area contributed by atoms with Crippen molar-refractivity contribution in [2.75, 3.05) is 107 Å². The third kappa shape index (κ3) is 34.1. The van der Waals surface area contributed by atoms with Crippen molar-refractivity contribution in [3.63, 3.8) is 0 Å². The molecule has 6 aliphatic heterocycles. The molecule has 6 heterocycles. The first kappa shape index (κ1) is 122. The molecule has 11 fully saturated rings. The highest BCUT2D eigenvalue weighted by molar-refractivity contribution is 6.75. The van der Waals surface area contributed by atoms with Gasteiger partial charge in [0.15, 0.2) is 36.5 Å². The van der Waals surface area contributed by atoms with Gasteiger partial charge in [0.05, 0.1) is 99.6 Å². The van der Waals surface area contributed by atoms with Gasteiger partial charge in [-0.1, -0.05) is 121 Å². The third-order valence-electron chi connectivity index (χ3n) is 29.8. The number of carboxylic acids is 1. The number of rotatable bonds is 25. The van der Waals surface area contributed by atoms with Gasteiger partial charge in [0.1, 0.15) is 29.8 Å². The minimum absolute atomic E-state index is 0. The maximum absolute atomic E-state index is 13.3. The molecule has 0 bridgehead atoms. The molecule has 34 nitrogen and oxygen atoms in total. The van der Waals surface area contributed by atoms with Crippen LogP contribution in [0.1, 0.15) is 232 Å². The number of methoxy groups -OCH3 is 3. The van der Waals surface area contributed by atoms with Crippen LogP contribution in [0.5, 0.6) is 0 Å². The first-order valence-electron chi connectivity index (χ1n) is 49.8. The van der Waals surface area contributed by atoms with Gasteiger partial charge >= 0.3 is 30.0 Å². The smallest absolute Gasteiger partial charge is 0.407 e. The molecule has 17 atom stereocenters. The summed E-state index contributed by atoms with van der Waals surface area (Å²) in [4.78, 5) is 156. The number of aliphatic carboxylic acids is 1. The van der Waals surface area contributed by atoms with E-state index in [1.54, 1.807) is 42.4 Å². The number of likely N-dealkylation sites (N-methyl/N-ethyl adjacent to an activating group) is 2. The second kappa shape index (κ2) is 54.1. The van der Waals surface area contributed by atoms with Crippen molar-refractivity contribution in [3.8, 4) is 0 Å². The molecular weight excluding hydrogens is 1840 g/mol. The average molecular weight is 2020 g/mol. The zero-order valence-corrected chi connectivity index (χ0v) is 91.5. The maximum atomic E-state index is 13.3. The Morgan fingerprint density at radius 1 is 0.406 bits per heavy atom. The summed E-state index contributed by atoms with van der Waals surface area (Å²) in [5.74, 6) is -3.01. The lowest BCUT2D eigenvalue weighted by Crippen LogP contribution is -2.45. The van der Waals surface area contributed by atoms with Gasteiger partial charge in [-0.25, -0.2) is 19.2 Å². The van der Waals surface area contributed by atoms with Crippen LogP contribution < -0.4 is 32.7 Å². The number of aliphatic hydroxyl groups excluding tert-OH is 3. The molecule has 5 saturated carbocycles. The van der Waals surface area contributed by atoms with E-state index in [0.717, 1.165) is 120 Å². The number of carboxylic acid groups (broad SMARTS) is 1. The second-order valence-corrected chi connectivity index (χ2v) is 58.4. The van der Waals surface area contributed by atoms with Gasteiger partial charge in [-0.05, 0) is 199 Å². The van der Waals surface area contributed by atoms with Crippen LogP contribution in [0.25, 0.3) is 0 Å². The number of nitrogens with zero attached hydrogens (tertiary/aromatic N) is 5. The Balaban J connectivity index is 0.000000297. The fourth-order valence-corrected chi connectivity index (χ4v) is 23.4. The van der Waals surface area contributed by atoms with E-state index in [2.05, 4.69) is 140 Å². The average Bonchev–Trinajstić information content (AvgIpc) is 1.66. The van der Waals surface area contributed by atoms with Crippen LogP contribution in [0, 0.1) is 29.6 Å². The standard InChI is InChI=1S/C21H38N2O3Si.C20H36N2O4Si.C19H30N2O6.C19H34N2O4Si.C15H24N2O3.C6H11NO3.ClH/c1-15(24)19-13-17(26-27(6,7)21(2,3)4)14-23(19)20(25)18-10-8-9-16(18)11-12-22-5;1-20(2,3)27(5,6)26-15-12-17(19(24)25-4)22(13-15)18(23)16-9-7-8-14(16)10-11-21;1-19(2,3)27-18(25)20-9-8-12-6-5-7-14(12)16(23)21-11-13(22)10-15(21)17(24)26-4;1-19(2,3)26(4,5)25-14-11-16(18(23)24)21(12-14)17(22)15-8-6-7-13(15)9-10-20;1-10(18)14-8-12(19)9-17(14)15(20)13-5-3-4-11(13)6-7-16-2;1-10-6(9)5-2-4(8)3-7-5;/h11,17-19,22H,8-10,12-14H2,1-7H3;10,15-17H,7-9,11-13,21H2,1-6H3;8,13-15,22H,5-7,9-11H2,1-4H3,(H,20,25);9,14-16H,6-8,10-12,20H2,1-5H3,(H,23,24);6,12-14,16,19H,3-5,7-9H2,1-2H3;4-5,7-8H,2-3H2,1H3;1H/b16-11+;14-10+;12-8+;13-9+;11-6+;;/t17-,18?,19+;15-,16?,17+;13-,14?,15+;14-,15?,16+;12-,13?,14+;4-,5+;/m111111./s1. The summed E-state index contributed by atoms with van der Waals surface area (Å²) in [6.45, 7) is 46.3. The molecule has 786 valence electrons. The van der Waals surface area contributed by atoms with Crippen LogP contribution in [0.4, 0.5) is 4.79 Å². The molecule has 0 spiro atoms. The fraction of sp³-hybridized carbons (Fsp3) is 0.780. The summed E-state index contributed by atoms with van der Waals surface area (Å²) >= 11 is 0. The van der Waals surface area contributed by atoms with Crippen molar-refractivity contribution in [3.05, 3.63) is 58.2 Å². The topological polar surface area (TPSA) is 467 Å². The van der Waals surface area contributed by atoms with Gasteiger partial charge < -0.3 is 110 Å². The van der Waals surface area contributed by atoms with E-state index in [4.69, 9.17) is 44.1 Å². The van der Waals surface area contributed by atoms with Gasteiger partial charge in [-0.15, -0.1) is 12.4 Å². The number of hydrogen-bond donors (Lipinski definition) is 10. The number of carbonyl (C=O) groups is 12. The molecule has 0 aromatic heterocycles. The molecule has 0 radical (unpaired) electrons. The largest absolute Gasteiger partial charge is 0.480 e.